The number of ether oxygens (including phenoxy) is 1. The highest BCUT2D eigenvalue weighted by Gasteiger charge is 2.15. The van der Waals surface area contributed by atoms with Gasteiger partial charge in [-0.2, -0.15) is 0 Å². The van der Waals surface area contributed by atoms with Gasteiger partial charge < -0.3 is 21.5 Å². The van der Waals surface area contributed by atoms with Gasteiger partial charge in [-0.05, 0) is 37.0 Å². The van der Waals surface area contributed by atoms with Gasteiger partial charge >= 0.3 is 0 Å². The average molecular weight is 262 g/mol. The molecule has 1 aromatic carbocycles. The van der Waals surface area contributed by atoms with E-state index in [4.69, 9.17) is 16.2 Å². The molecule has 0 fully saturated rings. The number of unbranched alkanes of at least 4 members (excludes halogenated alkanes) is 1. The number of fused-ring (bicyclic) bond motifs is 1. The fourth-order valence-electron chi connectivity index (χ4n) is 1.93. The topological polar surface area (TPSA) is 103 Å². The molecule has 0 saturated carbocycles. The maximum atomic E-state index is 11.2. The van der Waals surface area contributed by atoms with E-state index < -0.39 is 0 Å². The summed E-state index contributed by atoms with van der Waals surface area (Å²) in [6, 6.07) is 5.85. The molecule has 0 atom stereocenters. The van der Waals surface area contributed by atoms with Crippen molar-refractivity contribution in [3.63, 3.8) is 0 Å². The monoisotopic (exact) mass is 262 g/mol. The zero-order valence-electron chi connectivity index (χ0n) is 10.7. The molecular weight excluding hydrogens is 244 g/mol. The largest absolute Gasteiger partial charge is 0.482 e. The van der Waals surface area contributed by atoms with Crippen molar-refractivity contribution in [1.29, 1.82) is 0 Å². The molecule has 0 aromatic heterocycles. The molecule has 0 bridgehead atoms. The zero-order valence-corrected chi connectivity index (χ0v) is 10.7. The average Bonchev–Trinajstić information content (AvgIpc) is 2.37. The first-order valence-corrected chi connectivity index (χ1v) is 6.26. The van der Waals surface area contributed by atoms with Crippen LogP contribution in [-0.4, -0.2) is 25.0 Å². The Hall–Kier alpha value is -2.24. The molecule has 0 radical (unpaired) electrons. The summed E-state index contributed by atoms with van der Waals surface area (Å²) in [6.07, 6.45) is 2.84. The SMILES string of the molecule is NC(N)=NCCCCc1ccc2c(c1)NC(=O)CO2. The Morgan fingerprint density at radius 3 is 3.00 bits per heavy atom. The standard InChI is InChI=1S/C13H18N4O2/c14-13(15)16-6-2-1-3-9-4-5-11-10(7-9)17-12(18)8-19-11/h4-5,7H,1-3,6,8H2,(H,17,18)(H4,14,15,16). The Balaban J connectivity index is 1.86. The number of anilines is 1. The van der Waals surface area contributed by atoms with Crippen molar-refractivity contribution in [3.8, 4) is 5.75 Å². The molecule has 6 heteroatoms. The first kappa shape index (κ1) is 13.2. The molecule has 0 saturated heterocycles. The van der Waals surface area contributed by atoms with E-state index in [0.717, 1.165) is 36.3 Å². The Morgan fingerprint density at radius 2 is 2.21 bits per heavy atom. The number of carbonyl (C=O) groups excluding carboxylic acids is 1. The summed E-state index contributed by atoms with van der Waals surface area (Å²) in [7, 11) is 0. The number of benzene rings is 1. The molecular formula is C13H18N4O2. The number of aliphatic imine (C=N–C) groups is 1. The maximum Gasteiger partial charge on any atom is 0.262 e. The van der Waals surface area contributed by atoms with Crippen molar-refractivity contribution in [1.82, 2.24) is 0 Å². The van der Waals surface area contributed by atoms with Crippen LogP contribution in [0.2, 0.25) is 0 Å². The van der Waals surface area contributed by atoms with Crippen LogP contribution < -0.4 is 21.5 Å². The zero-order chi connectivity index (χ0) is 13.7. The summed E-state index contributed by atoms with van der Waals surface area (Å²) >= 11 is 0. The van der Waals surface area contributed by atoms with E-state index in [1.54, 1.807) is 0 Å². The van der Waals surface area contributed by atoms with Crippen molar-refractivity contribution in [2.45, 2.75) is 19.3 Å². The van der Waals surface area contributed by atoms with Crippen LogP contribution in [0.4, 0.5) is 5.69 Å². The molecule has 6 nitrogen and oxygen atoms in total. The van der Waals surface area contributed by atoms with Crippen molar-refractivity contribution in [2.75, 3.05) is 18.5 Å². The highest BCUT2D eigenvalue weighted by molar-refractivity contribution is 5.95. The number of aryl methyl sites for hydroxylation is 1. The smallest absolute Gasteiger partial charge is 0.262 e. The molecule has 19 heavy (non-hydrogen) atoms. The second kappa shape index (κ2) is 6.08. The third kappa shape index (κ3) is 3.87. The Morgan fingerprint density at radius 1 is 1.37 bits per heavy atom. The Labute approximate surface area is 111 Å². The minimum Gasteiger partial charge on any atom is -0.482 e. The number of hydrogen-bond donors (Lipinski definition) is 3. The van der Waals surface area contributed by atoms with E-state index in [0.29, 0.717) is 6.54 Å². The molecule has 2 rings (SSSR count). The van der Waals surface area contributed by atoms with Gasteiger partial charge in [0.1, 0.15) is 5.75 Å². The highest BCUT2D eigenvalue weighted by Crippen LogP contribution is 2.28. The van der Waals surface area contributed by atoms with Crippen molar-refractivity contribution >= 4 is 17.6 Å². The van der Waals surface area contributed by atoms with Gasteiger partial charge in [0, 0.05) is 6.54 Å². The molecule has 1 aromatic rings. The fourth-order valence-corrected chi connectivity index (χ4v) is 1.93. The first-order chi connectivity index (χ1) is 9.15. The molecule has 1 heterocycles. The number of nitrogens with one attached hydrogen (secondary N) is 1. The van der Waals surface area contributed by atoms with Crippen LogP contribution >= 0.6 is 0 Å². The lowest BCUT2D eigenvalue weighted by molar-refractivity contribution is -0.118. The lowest BCUT2D eigenvalue weighted by Crippen LogP contribution is -2.25. The van der Waals surface area contributed by atoms with E-state index in [2.05, 4.69) is 10.3 Å². The molecule has 5 N–H and O–H groups in total. The van der Waals surface area contributed by atoms with Gasteiger partial charge in [-0.15, -0.1) is 0 Å². The van der Waals surface area contributed by atoms with Crippen LogP contribution in [0.5, 0.6) is 5.75 Å². The molecule has 0 aliphatic carbocycles. The minimum atomic E-state index is -0.114. The predicted molar refractivity (Wildman–Crippen MR) is 74.2 cm³/mol. The highest BCUT2D eigenvalue weighted by atomic mass is 16.5. The molecule has 1 aliphatic heterocycles. The van der Waals surface area contributed by atoms with Crippen LogP contribution in [0, 0.1) is 0 Å². The Bertz CT molecular complexity index is 495. The number of amides is 1. The third-order valence-corrected chi connectivity index (χ3v) is 2.84. The van der Waals surface area contributed by atoms with Gasteiger partial charge in [-0.1, -0.05) is 6.07 Å². The second-order valence-electron chi connectivity index (χ2n) is 4.43. The molecule has 1 amide bonds. The molecule has 0 spiro atoms. The first-order valence-electron chi connectivity index (χ1n) is 6.26. The number of nitrogens with zero attached hydrogens (tertiary/aromatic N) is 1. The van der Waals surface area contributed by atoms with Gasteiger partial charge in [0.05, 0.1) is 5.69 Å². The molecule has 0 unspecified atom stereocenters. The lowest BCUT2D eigenvalue weighted by Gasteiger charge is -2.18. The number of guanidine groups is 1. The third-order valence-electron chi connectivity index (χ3n) is 2.84. The van der Waals surface area contributed by atoms with Crippen LogP contribution in [0.1, 0.15) is 18.4 Å². The summed E-state index contributed by atoms with van der Waals surface area (Å²) < 4.78 is 5.30. The number of hydrogen-bond acceptors (Lipinski definition) is 3. The number of carbonyl (C=O) groups is 1. The van der Waals surface area contributed by atoms with Crippen LogP contribution in [0.3, 0.4) is 0 Å². The maximum absolute atomic E-state index is 11.2. The van der Waals surface area contributed by atoms with Gasteiger partial charge in [0.15, 0.2) is 12.6 Å². The molecule has 102 valence electrons. The number of nitrogens with two attached hydrogens (primary N) is 2. The summed E-state index contributed by atoms with van der Waals surface area (Å²) in [5.41, 5.74) is 12.4. The van der Waals surface area contributed by atoms with Gasteiger partial charge in [0.25, 0.3) is 5.91 Å². The summed E-state index contributed by atoms with van der Waals surface area (Å²) in [5.74, 6) is 0.745. The van der Waals surface area contributed by atoms with Crippen molar-refractivity contribution in [3.05, 3.63) is 23.8 Å². The van der Waals surface area contributed by atoms with E-state index in [1.807, 2.05) is 18.2 Å². The number of rotatable bonds is 5. The predicted octanol–water partition coefficient (Wildman–Crippen LogP) is 0.614. The minimum absolute atomic E-state index is 0.0882. The van der Waals surface area contributed by atoms with Crippen LogP contribution in [0.25, 0.3) is 0 Å². The van der Waals surface area contributed by atoms with Crippen molar-refractivity contribution in [2.24, 2.45) is 16.5 Å². The quantitative estimate of drug-likeness (QED) is 0.411. The van der Waals surface area contributed by atoms with Gasteiger partial charge in [0.2, 0.25) is 0 Å². The van der Waals surface area contributed by atoms with Crippen molar-refractivity contribution < 1.29 is 9.53 Å². The van der Waals surface area contributed by atoms with Crippen LogP contribution in [0.15, 0.2) is 23.2 Å². The summed E-state index contributed by atoms with van der Waals surface area (Å²) in [5, 5.41) is 2.80. The van der Waals surface area contributed by atoms with E-state index >= 15 is 0 Å². The Kier molecular flexibility index (Phi) is 4.22. The summed E-state index contributed by atoms with van der Waals surface area (Å²) in [4.78, 5) is 15.2. The van der Waals surface area contributed by atoms with Gasteiger partial charge in [-0.3, -0.25) is 9.79 Å². The lowest BCUT2D eigenvalue weighted by atomic mass is 10.1. The van der Waals surface area contributed by atoms with E-state index in [9.17, 15) is 4.79 Å². The second-order valence-corrected chi connectivity index (χ2v) is 4.43. The fraction of sp³-hybridized carbons (Fsp3) is 0.385. The summed E-state index contributed by atoms with van der Waals surface area (Å²) in [6.45, 7) is 0.734. The normalized spacial score (nSPS) is 13.2. The van der Waals surface area contributed by atoms with Gasteiger partial charge in [-0.25, -0.2) is 0 Å². The van der Waals surface area contributed by atoms with E-state index in [1.165, 1.54) is 0 Å². The van der Waals surface area contributed by atoms with E-state index in [-0.39, 0.29) is 18.5 Å². The van der Waals surface area contributed by atoms with Crippen LogP contribution in [-0.2, 0) is 11.2 Å². The molecule has 1 aliphatic rings.